The SMILES string of the molecule is CS(=O)(=O)c1n[nH]c(Nc2cc(Cl)c(Br)c(Cl)c2)n1. The molecule has 102 valence electrons. The van der Waals surface area contributed by atoms with E-state index in [2.05, 4.69) is 36.4 Å². The number of halogens is 3. The molecule has 0 radical (unpaired) electrons. The second kappa shape index (κ2) is 5.28. The summed E-state index contributed by atoms with van der Waals surface area (Å²) in [5, 5.41) is 9.41. The smallest absolute Gasteiger partial charge is 0.268 e. The fourth-order valence-electron chi connectivity index (χ4n) is 1.23. The minimum Gasteiger partial charge on any atom is -0.324 e. The van der Waals surface area contributed by atoms with Crippen LogP contribution in [0.4, 0.5) is 11.6 Å². The Morgan fingerprint density at radius 2 is 1.89 bits per heavy atom. The molecule has 0 saturated carbocycles. The Kier molecular flexibility index (Phi) is 4.05. The topological polar surface area (TPSA) is 87.7 Å². The van der Waals surface area contributed by atoms with Crippen molar-refractivity contribution in [3.05, 3.63) is 26.7 Å². The number of nitrogens with one attached hydrogen (secondary N) is 2. The molecule has 2 aromatic rings. The molecular weight excluding hydrogens is 379 g/mol. The van der Waals surface area contributed by atoms with Gasteiger partial charge in [-0.05, 0) is 28.1 Å². The zero-order chi connectivity index (χ0) is 14.2. The molecule has 0 atom stereocenters. The zero-order valence-corrected chi connectivity index (χ0v) is 13.3. The molecule has 10 heteroatoms. The molecule has 0 aliphatic rings. The van der Waals surface area contributed by atoms with Crippen LogP contribution in [0.25, 0.3) is 0 Å². The van der Waals surface area contributed by atoms with E-state index in [0.717, 1.165) is 6.26 Å². The fourth-order valence-corrected chi connectivity index (χ4v) is 2.42. The first-order valence-electron chi connectivity index (χ1n) is 4.81. The summed E-state index contributed by atoms with van der Waals surface area (Å²) in [4.78, 5) is 3.79. The number of sulfone groups is 1. The number of H-pyrrole nitrogens is 1. The van der Waals surface area contributed by atoms with Gasteiger partial charge in [-0.15, -0.1) is 5.10 Å². The third kappa shape index (κ3) is 3.38. The summed E-state index contributed by atoms with van der Waals surface area (Å²) in [5.74, 6) is 0.176. The first kappa shape index (κ1) is 14.6. The van der Waals surface area contributed by atoms with E-state index in [0.29, 0.717) is 20.2 Å². The molecule has 0 aliphatic heterocycles. The van der Waals surface area contributed by atoms with Gasteiger partial charge in [0.2, 0.25) is 15.8 Å². The van der Waals surface area contributed by atoms with Gasteiger partial charge in [-0.2, -0.15) is 4.98 Å². The molecule has 0 aliphatic carbocycles. The van der Waals surface area contributed by atoms with Crippen molar-refractivity contribution < 1.29 is 8.42 Å². The van der Waals surface area contributed by atoms with Crippen LogP contribution in [0.2, 0.25) is 10.0 Å². The van der Waals surface area contributed by atoms with E-state index in [-0.39, 0.29) is 11.1 Å². The molecule has 6 nitrogen and oxygen atoms in total. The highest BCUT2D eigenvalue weighted by Gasteiger charge is 2.14. The summed E-state index contributed by atoms with van der Waals surface area (Å²) in [7, 11) is -3.45. The molecular formula is C9H7BrCl2N4O2S. The van der Waals surface area contributed by atoms with Crippen molar-refractivity contribution in [1.82, 2.24) is 15.2 Å². The lowest BCUT2D eigenvalue weighted by molar-refractivity contribution is 0.594. The highest BCUT2D eigenvalue weighted by Crippen LogP contribution is 2.34. The summed E-state index contributed by atoms with van der Waals surface area (Å²) < 4.78 is 23.0. The van der Waals surface area contributed by atoms with Gasteiger partial charge in [-0.25, -0.2) is 13.5 Å². The molecule has 0 bridgehead atoms. The van der Waals surface area contributed by atoms with Gasteiger partial charge < -0.3 is 5.32 Å². The molecule has 19 heavy (non-hydrogen) atoms. The van der Waals surface area contributed by atoms with Crippen LogP contribution in [-0.2, 0) is 9.84 Å². The van der Waals surface area contributed by atoms with Gasteiger partial charge in [0, 0.05) is 11.9 Å². The first-order chi connectivity index (χ1) is 8.77. The van der Waals surface area contributed by atoms with Gasteiger partial charge in [0.1, 0.15) is 0 Å². The van der Waals surface area contributed by atoms with Gasteiger partial charge in [0.15, 0.2) is 0 Å². The van der Waals surface area contributed by atoms with Crippen LogP contribution in [-0.4, -0.2) is 29.9 Å². The van der Waals surface area contributed by atoms with Gasteiger partial charge in [-0.3, -0.25) is 0 Å². The molecule has 1 aromatic heterocycles. The molecule has 0 unspecified atom stereocenters. The fraction of sp³-hybridized carbons (Fsp3) is 0.111. The Hall–Kier alpha value is -0.830. The van der Waals surface area contributed by atoms with E-state index in [9.17, 15) is 8.42 Å². The Morgan fingerprint density at radius 3 is 2.37 bits per heavy atom. The van der Waals surface area contributed by atoms with E-state index in [1.165, 1.54) is 0 Å². The van der Waals surface area contributed by atoms with Crippen molar-refractivity contribution >= 4 is 60.6 Å². The monoisotopic (exact) mass is 384 g/mol. The minimum absolute atomic E-state index is 0.176. The van der Waals surface area contributed by atoms with Crippen molar-refractivity contribution in [2.75, 3.05) is 11.6 Å². The first-order valence-corrected chi connectivity index (χ1v) is 8.25. The number of aromatic amines is 1. The van der Waals surface area contributed by atoms with Gasteiger partial charge in [0.25, 0.3) is 5.16 Å². The average molecular weight is 386 g/mol. The molecule has 0 amide bonds. The summed E-state index contributed by atoms with van der Waals surface area (Å²) in [6.45, 7) is 0. The third-order valence-electron chi connectivity index (χ3n) is 2.04. The van der Waals surface area contributed by atoms with Crippen LogP contribution in [0.15, 0.2) is 21.8 Å². The van der Waals surface area contributed by atoms with Crippen molar-refractivity contribution in [3.63, 3.8) is 0 Å². The van der Waals surface area contributed by atoms with E-state index >= 15 is 0 Å². The quantitative estimate of drug-likeness (QED) is 0.793. The van der Waals surface area contributed by atoms with Gasteiger partial charge in [0.05, 0.1) is 14.5 Å². The third-order valence-corrected chi connectivity index (χ3v) is 4.80. The maximum absolute atomic E-state index is 11.2. The van der Waals surface area contributed by atoms with E-state index < -0.39 is 9.84 Å². The predicted molar refractivity (Wildman–Crippen MR) is 76.9 cm³/mol. The molecule has 0 spiro atoms. The maximum Gasteiger partial charge on any atom is 0.268 e. The molecule has 1 heterocycles. The summed E-state index contributed by atoms with van der Waals surface area (Å²) >= 11 is 15.1. The summed E-state index contributed by atoms with van der Waals surface area (Å²) in [5.41, 5.74) is 0.550. The molecule has 2 N–H and O–H groups in total. The van der Waals surface area contributed by atoms with Crippen LogP contribution in [0.5, 0.6) is 0 Å². The largest absolute Gasteiger partial charge is 0.324 e. The highest BCUT2D eigenvalue weighted by molar-refractivity contribution is 9.10. The Morgan fingerprint density at radius 1 is 1.32 bits per heavy atom. The lowest BCUT2D eigenvalue weighted by Crippen LogP contribution is -1.99. The van der Waals surface area contributed by atoms with Crippen LogP contribution < -0.4 is 5.32 Å². The molecule has 2 rings (SSSR count). The number of benzene rings is 1. The molecule has 0 saturated heterocycles. The van der Waals surface area contributed by atoms with Crippen LogP contribution >= 0.6 is 39.1 Å². The number of aromatic nitrogens is 3. The summed E-state index contributed by atoms with van der Waals surface area (Å²) in [6, 6.07) is 3.22. The van der Waals surface area contributed by atoms with Gasteiger partial charge >= 0.3 is 0 Å². The standard InChI is InChI=1S/C9H7BrCl2N4O2S/c1-19(17,18)9-14-8(15-16-9)13-4-2-5(11)7(10)6(12)3-4/h2-3H,1H3,(H2,13,14,15,16). The molecule has 1 aromatic carbocycles. The second-order valence-corrected chi connectivity index (χ2v) is 7.13. The van der Waals surface area contributed by atoms with Crippen molar-refractivity contribution in [3.8, 4) is 0 Å². The Bertz CT molecular complexity index is 709. The predicted octanol–water partition coefficient (Wildman–Crippen LogP) is 3.02. The van der Waals surface area contributed by atoms with E-state index in [1.54, 1.807) is 12.1 Å². The molecule has 0 fully saturated rings. The normalized spacial score (nSPS) is 11.6. The zero-order valence-electron chi connectivity index (χ0n) is 9.41. The average Bonchev–Trinajstić information content (AvgIpc) is 2.74. The van der Waals surface area contributed by atoms with Crippen LogP contribution in [0.3, 0.4) is 0 Å². The number of nitrogens with zero attached hydrogens (tertiary/aromatic N) is 2. The number of anilines is 2. The van der Waals surface area contributed by atoms with Crippen LogP contribution in [0.1, 0.15) is 0 Å². The van der Waals surface area contributed by atoms with Crippen molar-refractivity contribution in [2.45, 2.75) is 5.16 Å². The summed E-state index contributed by atoms with van der Waals surface area (Å²) in [6.07, 6.45) is 1.02. The van der Waals surface area contributed by atoms with Crippen molar-refractivity contribution in [1.29, 1.82) is 0 Å². The van der Waals surface area contributed by atoms with E-state index in [4.69, 9.17) is 23.2 Å². The highest BCUT2D eigenvalue weighted by atomic mass is 79.9. The van der Waals surface area contributed by atoms with Crippen molar-refractivity contribution in [2.24, 2.45) is 0 Å². The number of hydrogen-bond acceptors (Lipinski definition) is 5. The van der Waals surface area contributed by atoms with E-state index in [1.807, 2.05) is 0 Å². The lowest BCUT2D eigenvalue weighted by atomic mass is 10.3. The Balaban J connectivity index is 2.29. The second-order valence-electron chi connectivity index (χ2n) is 3.62. The lowest BCUT2D eigenvalue weighted by Gasteiger charge is -2.05. The van der Waals surface area contributed by atoms with Crippen LogP contribution in [0, 0.1) is 0 Å². The van der Waals surface area contributed by atoms with Gasteiger partial charge in [-0.1, -0.05) is 23.2 Å². The number of hydrogen-bond donors (Lipinski definition) is 2. The maximum atomic E-state index is 11.2. The number of rotatable bonds is 3. The Labute approximate surface area is 127 Å². The minimum atomic E-state index is -3.45.